The quantitative estimate of drug-likeness (QED) is 0.882. The van der Waals surface area contributed by atoms with Crippen molar-refractivity contribution >= 4 is 11.6 Å². The Labute approximate surface area is 128 Å². The Morgan fingerprint density at radius 3 is 2.52 bits per heavy atom. The maximum absolute atomic E-state index is 12.3. The van der Waals surface area contributed by atoms with Gasteiger partial charge < -0.3 is 10.6 Å². The Bertz CT molecular complexity index is 478. The van der Waals surface area contributed by atoms with Gasteiger partial charge in [0.15, 0.2) is 0 Å². The number of amides is 1. The molecule has 1 aromatic carbocycles. The summed E-state index contributed by atoms with van der Waals surface area (Å²) >= 11 is 0. The van der Waals surface area contributed by atoms with E-state index in [9.17, 15) is 4.79 Å². The van der Waals surface area contributed by atoms with Crippen molar-refractivity contribution in [3.05, 3.63) is 29.8 Å². The first-order valence-electron chi connectivity index (χ1n) is 8.02. The molecule has 1 amide bonds. The number of carbonyl (C=O) groups is 1. The summed E-state index contributed by atoms with van der Waals surface area (Å²) in [6, 6.07) is 8.17. The van der Waals surface area contributed by atoms with Gasteiger partial charge in [0.1, 0.15) is 0 Å². The van der Waals surface area contributed by atoms with E-state index in [0.717, 1.165) is 12.1 Å². The molecule has 21 heavy (non-hydrogen) atoms. The molecule has 1 fully saturated rings. The second-order valence-electron chi connectivity index (χ2n) is 7.03. The third-order valence-corrected chi connectivity index (χ3v) is 4.67. The van der Waals surface area contributed by atoms with Crippen LogP contribution < -0.4 is 10.6 Å². The van der Waals surface area contributed by atoms with Crippen LogP contribution in [0.1, 0.15) is 52.0 Å². The van der Waals surface area contributed by atoms with Crippen LogP contribution in [0.3, 0.4) is 0 Å². The van der Waals surface area contributed by atoms with E-state index in [1.807, 2.05) is 38.1 Å². The number of rotatable bonds is 4. The Morgan fingerprint density at radius 1 is 1.24 bits per heavy atom. The van der Waals surface area contributed by atoms with Crippen LogP contribution in [0, 0.1) is 12.3 Å². The van der Waals surface area contributed by atoms with Crippen molar-refractivity contribution in [2.75, 3.05) is 5.32 Å². The molecule has 2 rings (SSSR count). The Hall–Kier alpha value is -1.35. The lowest BCUT2D eigenvalue weighted by Gasteiger charge is -2.40. The van der Waals surface area contributed by atoms with Gasteiger partial charge >= 0.3 is 0 Å². The Kier molecular flexibility index (Phi) is 5.04. The van der Waals surface area contributed by atoms with Crippen molar-refractivity contribution in [3.63, 3.8) is 0 Å². The molecule has 1 aliphatic rings. The molecule has 1 saturated carbocycles. The van der Waals surface area contributed by atoms with E-state index in [4.69, 9.17) is 0 Å². The van der Waals surface area contributed by atoms with Crippen molar-refractivity contribution in [2.24, 2.45) is 5.41 Å². The standard InChI is InChI=1S/C18H28N2O/c1-13-8-10-15(11-9-13)20-17(21)14(2)19-16-7-5-6-12-18(16,3)4/h8-11,14,16,19H,5-7,12H2,1-4H3,(H,20,21). The molecule has 0 aliphatic heterocycles. The van der Waals surface area contributed by atoms with E-state index in [1.165, 1.54) is 24.8 Å². The molecule has 2 unspecified atom stereocenters. The molecule has 0 radical (unpaired) electrons. The smallest absolute Gasteiger partial charge is 0.241 e. The van der Waals surface area contributed by atoms with E-state index in [2.05, 4.69) is 24.5 Å². The van der Waals surface area contributed by atoms with Crippen molar-refractivity contribution in [2.45, 2.75) is 65.5 Å². The number of aryl methyl sites for hydroxylation is 1. The van der Waals surface area contributed by atoms with E-state index in [1.54, 1.807) is 0 Å². The molecule has 2 N–H and O–H groups in total. The molecule has 3 nitrogen and oxygen atoms in total. The number of nitrogens with one attached hydrogen (secondary N) is 2. The minimum atomic E-state index is -0.173. The first-order valence-corrected chi connectivity index (χ1v) is 8.02. The van der Waals surface area contributed by atoms with Crippen molar-refractivity contribution in [1.29, 1.82) is 0 Å². The van der Waals surface area contributed by atoms with Crippen molar-refractivity contribution in [1.82, 2.24) is 5.32 Å². The summed E-state index contributed by atoms with van der Waals surface area (Å²) in [5.74, 6) is 0.0419. The molecular weight excluding hydrogens is 260 g/mol. The van der Waals surface area contributed by atoms with E-state index >= 15 is 0 Å². The summed E-state index contributed by atoms with van der Waals surface area (Å²) in [5.41, 5.74) is 2.33. The van der Waals surface area contributed by atoms with Crippen LogP contribution in [0.5, 0.6) is 0 Å². The predicted octanol–water partition coefficient (Wildman–Crippen LogP) is 3.88. The van der Waals surface area contributed by atoms with Crippen LogP contribution in [-0.2, 0) is 4.79 Å². The van der Waals surface area contributed by atoms with Gasteiger partial charge in [-0.1, -0.05) is 44.4 Å². The molecule has 0 aromatic heterocycles. The topological polar surface area (TPSA) is 41.1 Å². The van der Waals surface area contributed by atoms with Crippen LogP contribution >= 0.6 is 0 Å². The minimum Gasteiger partial charge on any atom is -0.325 e. The second-order valence-corrected chi connectivity index (χ2v) is 7.03. The highest BCUT2D eigenvalue weighted by Gasteiger charge is 2.33. The highest BCUT2D eigenvalue weighted by molar-refractivity contribution is 5.94. The lowest BCUT2D eigenvalue weighted by atomic mass is 9.73. The van der Waals surface area contributed by atoms with Crippen LogP contribution in [0.4, 0.5) is 5.69 Å². The average molecular weight is 288 g/mol. The van der Waals surface area contributed by atoms with Crippen LogP contribution in [0.15, 0.2) is 24.3 Å². The minimum absolute atomic E-state index is 0.0419. The normalized spacial score (nSPS) is 22.6. The molecular formula is C18H28N2O. The molecule has 1 aromatic rings. The molecule has 116 valence electrons. The summed E-state index contributed by atoms with van der Waals surface area (Å²) in [4.78, 5) is 12.3. The van der Waals surface area contributed by atoms with Gasteiger partial charge in [0.2, 0.25) is 5.91 Å². The molecule has 3 heteroatoms. The maximum Gasteiger partial charge on any atom is 0.241 e. The fourth-order valence-electron chi connectivity index (χ4n) is 3.07. The summed E-state index contributed by atoms with van der Waals surface area (Å²) in [5, 5.41) is 6.51. The number of hydrogen-bond donors (Lipinski definition) is 2. The lowest BCUT2D eigenvalue weighted by Crippen LogP contribution is -2.51. The molecule has 2 atom stereocenters. The van der Waals surface area contributed by atoms with Gasteiger partial charge in [-0.25, -0.2) is 0 Å². The second kappa shape index (κ2) is 6.61. The van der Waals surface area contributed by atoms with Gasteiger partial charge in [-0.15, -0.1) is 0 Å². The highest BCUT2D eigenvalue weighted by atomic mass is 16.2. The summed E-state index contributed by atoms with van der Waals surface area (Å²) in [6.45, 7) is 8.60. The SMILES string of the molecule is Cc1ccc(NC(=O)C(C)NC2CCCCC2(C)C)cc1. The van der Waals surface area contributed by atoms with Crippen LogP contribution in [-0.4, -0.2) is 18.0 Å². The van der Waals surface area contributed by atoms with Gasteiger partial charge in [0.05, 0.1) is 6.04 Å². The van der Waals surface area contributed by atoms with E-state index < -0.39 is 0 Å². The Balaban J connectivity index is 1.91. The zero-order chi connectivity index (χ0) is 15.5. The number of carbonyl (C=O) groups excluding carboxylic acids is 1. The first-order chi connectivity index (χ1) is 9.88. The van der Waals surface area contributed by atoms with Crippen LogP contribution in [0.2, 0.25) is 0 Å². The molecule has 1 aliphatic carbocycles. The summed E-state index contributed by atoms with van der Waals surface area (Å²) in [7, 11) is 0. The maximum atomic E-state index is 12.3. The van der Waals surface area contributed by atoms with Gasteiger partial charge in [-0.2, -0.15) is 0 Å². The monoisotopic (exact) mass is 288 g/mol. The van der Waals surface area contributed by atoms with E-state index in [-0.39, 0.29) is 17.4 Å². The number of benzene rings is 1. The molecule has 0 bridgehead atoms. The Morgan fingerprint density at radius 2 is 1.90 bits per heavy atom. The molecule has 0 spiro atoms. The molecule has 0 saturated heterocycles. The number of hydrogen-bond acceptors (Lipinski definition) is 2. The van der Waals surface area contributed by atoms with E-state index in [0.29, 0.717) is 6.04 Å². The van der Waals surface area contributed by atoms with Gasteiger partial charge in [-0.3, -0.25) is 4.79 Å². The molecule has 0 heterocycles. The first kappa shape index (κ1) is 16.0. The third-order valence-electron chi connectivity index (χ3n) is 4.67. The summed E-state index contributed by atoms with van der Waals surface area (Å²) < 4.78 is 0. The number of anilines is 1. The summed E-state index contributed by atoms with van der Waals surface area (Å²) in [6.07, 6.45) is 4.95. The largest absolute Gasteiger partial charge is 0.325 e. The lowest BCUT2D eigenvalue weighted by molar-refractivity contribution is -0.118. The predicted molar refractivity (Wildman–Crippen MR) is 88.4 cm³/mol. The van der Waals surface area contributed by atoms with Crippen molar-refractivity contribution < 1.29 is 4.79 Å². The zero-order valence-electron chi connectivity index (χ0n) is 13.7. The van der Waals surface area contributed by atoms with Gasteiger partial charge in [0, 0.05) is 11.7 Å². The average Bonchev–Trinajstić information content (AvgIpc) is 2.43. The van der Waals surface area contributed by atoms with Crippen molar-refractivity contribution in [3.8, 4) is 0 Å². The zero-order valence-corrected chi connectivity index (χ0v) is 13.7. The van der Waals surface area contributed by atoms with Crippen LogP contribution in [0.25, 0.3) is 0 Å². The third kappa shape index (κ3) is 4.31. The highest BCUT2D eigenvalue weighted by Crippen LogP contribution is 2.35. The van der Waals surface area contributed by atoms with Gasteiger partial charge in [0.25, 0.3) is 0 Å². The fraction of sp³-hybridized carbons (Fsp3) is 0.611. The van der Waals surface area contributed by atoms with Gasteiger partial charge in [-0.05, 0) is 44.2 Å². The fourth-order valence-corrected chi connectivity index (χ4v) is 3.07.